The molecule has 0 saturated carbocycles. The summed E-state index contributed by atoms with van der Waals surface area (Å²) in [5, 5.41) is 3.61. The fourth-order valence-electron chi connectivity index (χ4n) is 6.15. The van der Waals surface area contributed by atoms with E-state index in [0.717, 1.165) is 53.9 Å². The number of aromatic nitrogens is 2. The Morgan fingerprint density at radius 3 is 2.81 bits per heavy atom. The Hall–Kier alpha value is -3.10. The lowest BCUT2D eigenvalue weighted by Crippen LogP contribution is -2.50. The smallest absolute Gasteiger partial charge is 0.213 e. The molecule has 2 bridgehead atoms. The van der Waals surface area contributed by atoms with Crippen LogP contribution in [0.15, 0.2) is 42.6 Å². The summed E-state index contributed by atoms with van der Waals surface area (Å²) in [5.41, 5.74) is 3.16. The van der Waals surface area contributed by atoms with Gasteiger partial charge in [0.1, 0.15) is 22.9 Å². The Bertz CT molecular complexity index is 1290. The molecule has 0 aliphatic carbocycles. The van der Waals surface area contributed by atoms with Crippen molar-refractivity contribution in [3.05, 3.63) is 65.4 Å². The van der Waals surface area contributed by atoms with E-state index in [1.807, 2.05) is 24.4 Å². The van der Waals surface area contributed by atoms with Crippen molar-refractivity contribution in [3.63, 3.8) is 0 Å². The molecule has 0 spiro atoms. The summed E-state index contributed by atoms with van der Waals surface area (Å²) in [6, 6.07) is 8.80. The van der Waals surface area contributed by atoms with Crippen LogP contribution >= 0.6 is 0 Å². The van der Waals surface area contributed by atoms with Gasteiger partial charge in [0.05, 0.1) is 25.4 Å². The van der Waals surface area contributed by atoms with E-state index < -0.39 is 11.6 Å². The second-order valence-corrected chi connectivity index (χ2v) is 9.99. The third kappa shape index (κ3) is 4.44. The molecule has 36 heavy (non-hydrogen) atoms. The summed E-state index contributed by atoms with van der Waals surface area (Å²) in [5.74, 6) is 0.834. The molecule has 1 aromatic carbocycles. The van der Waals surface area contributed by atoms with Gasteiger partial charge in [-0.1, -0.05) is 12.2 Å². The zero-order chi connectivity index (χ0) is 24.6. The highest BCUT2D eigenvalue weighted by Crippen LogP contribution is 2.42. The monoisotopic (exact) mass is 492 g/mol. The van der Waals surface area contributed by atoms with Crippen molar-refractivity contribution >= 4 is 17.1 Å². The van der Waals surface area contributed by atoms with Crippen LogP contribution in [0.1, 0.15) is 42.7 Å². The minimum atomic E-state index is -0.428. The first-order chi connectivity index (χ1) is 17.6. The van der Waals surface area contributed by atoms with Crippen LogP contribution < -0.4 is 14.8 Å². The zero-order valence-corrected chi connectivity index (χ0v) is 20.3. The molecule has 188 valence electrons. The van der Waals surface area contributed by atoms with Crippen LogP contribution in [0, 0.1) is 11.6 Å². The molecule has 5 heterocycles. The van der Waals surface area contributed by atoms with Crippen molar-refractivity contribution < 1.29 is 18.3 Å². The van der Waals surface area contributed by atoms with Crippen LogP contribution in [0.5, 0.6) is 11.6 Å². The number of nitrogens with zero attached hydrogens (tertiary/aromatic N) is 3. The third-order valence-electron chi connectivity index (χ3n) is 7.84. The lowest BCUT2D eigenvalue weighted by atomic mass is 9.93. The van der Waals surface area contributed by atoms with E-state index in [9.17, 15) is 8.78 Å². The topological polar surface area (TPSA) is 59.5 Å². The largest absolute Gasteiger partial charge is 0.491 e. The van der Waals surface area contributed by atoms with Crippen molar-refractivity contribution in [1.82, 2.24) is 20.2 Å². The van der Waals surface area contributed by atoms with Crippen molar-refractivity contribution in [2.75, 3.05) is 26.8 Å². The summed E-state index contributed by atoms with van der Waals surface area (Å²) in [4.78, 5) is 11.9. The molecule has 8 heteroatoms. The molecule has 0 amide bonds. The van der Waals surface area contributed by atoms with Gasteiger partial charge in [0.2, 0.25) is 5.88 Å². The van der Waals surface area contributed by atoms with Gasteiger partial charge < -0.3 is 14.8 Å². The van der Waals surface area contributed by atoms with E-state index in [1.165, 1.54) is 18.9 Å². The van der Waals surface area contributed by atoms with E-state index in [2.05, 4.69) is 15.2 Å². The first kappa shape index (κ1) is 23.3. The number of halogens is 2. The van der Waals surface area contributed by atoms with Crippen molar-refractivity contribution in [2.24, 2.45) is 0 Å². The van der Waals surface area contributed by atoms with Crippen LogP contribution in [0.25, 0.3) is 17.1 Å². The van der Waals surface area contributed by atoms with Crippen LogP contribution in [0.2, 0.25) is 0 Å². The second kappa shape index (κ2) is 9.75. The maximum absolute atomic E-state index is 13.8. The average Bonchev–Trinajstić information content (AvgIpc) is 3.40. The van der Waals surface area contributed by atoms with Crippen LogP contribution in [-0.4, -0.2) is 59.8 Å². The van der Waals surface area contributed by atoms with Gasteiger partial charge >= 0.3 is 0 Å². The van der Waals surface area contributed by atoms with Crippen molar-refractivity contribution in [1.29, 1.82) is 0 Å². The molecule has 3 aliphatic rings. The molecule has 6 rings (SSSR count). The second-order valence-electron chi connectivity index (χ2n) is 9.99. The first-order valence-electron chi connectivity index (χ1n) is 12.7. The van der Waals surface area contributed by atoms with E-state index in [0.29, 0.717) is 37.2 Å². The van der Waals surface area contributed by atoms with Gasteiger partial charge in [0.15, 0.2) is 0 Å². The molecule has 2 fully saturated rings. The van der Waals surface area contributed by atoms with Crippen LogP contribution in [0.3, 0.4) is 0 Å². The van der Waals surface area contributed by atoms with Crippen molar-refractivity contribution in [2.45, 2.75) is 49.7 Å². The maximum Gasteiger partial charge on any atom is 0.213 e. The Balaban J connectivity index is 1.10. The van der Waals surface area contributed by atoms with Gasteiger partial charge in [-0.3, -0.25) is 9.88 Å². The molecular formula is C28H30F2N4O2. The summed E-state index contributed by atoms with van der Waals surface area (Å²) < 4.78 is 38.6. The molecule has 0 radical (unpaired) electrons. The number of hydrogen-bond acceptors (Lipinski definition) is 6. The highest BCUT2D eigenvalue weighted by atomic mass is 19.1. The van der Waals surface area contributed by atoms with Gasteiger partial charge in [0.25, 0.3) is 0 Å². The molecule has 2 saturated heterocycles. The number of rotatable bonds is 7. The number of ether oxygens (including phenoxy) is 2. The minimum absolute atomic E-state index is 0.252. The Morgan fingerprint density at radius 2 is 2.00 bits per heavy atom. The van der Waals surface area contributed by atoms with Gasteiger partial charge in [-0.25, -0.2) is 13.8 Å². The quantitative estimate of drug-likeness (QED) is 0.517. The molecule has 6 nitrogen and oxygen atoms in total. The number of hydrogen-bond donors (Lipinski definition) is 1. The average molecular weight is 493 g/mol. The van der Waals surface area contributed by atoms with Gasteiger partial charge in [-0.05, 0) is 49.9 Å². The SMILES string of the molecule is COc1ccc2ncc3c(c2n1)C(CN1C2CCC1CC(NCC=Cc1cc(F)ccc1F)C2)CO3. The number of benzene rings is 1. The number of nitrogens with one attached hydrogen (secondary N) is 1. The molecule has 2 aromatic heterocycles. The Morgan fingerprint density at radius 1 is 1.17 bits per heavy atom. The number of methoxy groups -OCH3 is 1. The third-order valence-corrected chi connectivity index (χ3v) is 7.84. The molecule has 3 unspecified atom stereocenters. The zero-order valence-electron chi connectivity index (χ0n) is 20.3. The van der Waals surface area contributed by atoms with E-state index in [-0.39, 0.29) is 11.5 Å². The lowest BCUT2D eigenvalue weighted by Gasteiger charge is -2.40. The normalized spacial score (nSPS) is 25.4. The minimum Gasteiger partial charge on any atom is -0.491 e. The molecule has 1 N–H and O–H groups in total. The van der Waals surface area contributed by atoms with E-state index in [4.69, 9.17) is 14.5 Å². The number of pyridine rings is 2. The Kier molecular flexibility index (Phi) is 6.31. The van der Waals surface area contributed by atoms with Gasteiger partial charge in [0, 0.05) is 54.3 Å². The Labute approximate surface area is 209 Å². The van der Waals surface area contributed by atoms with E-state index in [1.54, 1.807) is 13.2 Å². The summed E-state index contributed by atoms with van der Waals surface area (Å²) in [6.45, 7) is 2.23. The summed E-state index contributed by atoms with van der Waals surface area (Å²) >= 11 is 0. The fourth-order valence-corrected chi connectivity index (χ4v) is 6.15. The lowest BCUT2D eigenvalue weighted by molar-refractivity contribution is 0.106. The maximum atomic E-state index is 13.8. The molecule has 3 aliphatic heterocycles. The van der Waals surface area contributed by atoms with Crippen molar-refractivity contribution in [3.8, 4) is 11.6 Å². The first-order valence-corrected chi connectivity index (χ1v) is 12.7. The molecule has 3 aromatic rings. The predicted octanol–water partition coefficient (Wildman–Crippen LogP) is 4.69. The number of piperidine rings is 1. The molecule has 3 atom stereocenters. The predicted molar refractivity (Wildman–Crippen MR) is 134 cm³/mol. The summed E-state index contributed by atoms with van der Waals surface area (Å²) in [6.07, 6.45) is 9.92. The summed E-state index contributed by atoms with van der Waals surface area (Å²) in [7, 11) is 1.63. The fraction of sp³-hybridized carbons (Fsp3) is 0.429. The highest BCUT2D eigenvalue weighted by molar-refractivity contribution is 5.81. The van der Waals surface area contributed by atoms with Gasteiger partial charge in [-0.15, -0.1) is 0 Å². The molecular weight excluding hydrogens is 462 g/mol. The van der Waals surface area contributed by atoms with Crippen LogP contribution in [0.4, 0.5) is 8.78 Å². The van der Waals surface area contributed by atoms with E-state index >= 15 is 0 Å². The highest BCUT2D eigenvalue weighted by Gasteiger charge is 2.42. The number of fused-ring (bicyclic) bond motifs is 5. The van der Waals surface area contributed by atoms with Gasteiger partial charge in [-0.2, -0.15) is 0 Å². The standard InChI is InChI=1S/C28H30F2N4O2/c1-35-26-9-8-24-28(33-26)27-18(16-36-25(27)14-32-24)15-34-21-5-6-22(34)13-20(12-21)31-10-2-3-17-11-19(29)4-7-23(17)30/h2-4,7-9,11,14,18,20-22,31H,5-6,10,12-13,15-16H2,1H3. The van der Waals surface area contributed by atoms with Crippen LogP contribution in [-0.2, 0) is 0 Å².